The number of halogens is 1. The van der Waals surface area contributed by atoms with E-state index in [1.54, 1.807) is 24.6 Å². The fourth-order valence-electron chi connectivity index (χ4n) is 2.55. The van der Waals surface area contributed by atoms with E-state index in [9.17, 15) is 0 Å². The number of nitrogens with one attached hydrogen (secondary N) is 2. The third-order valence-electron chi connectivity index (χ3n) is 4.12. The zero-order valence-electron chi connectivity index (χ0n) is 15.7. The third kappa shape index (κ3) is 6.07. The molecule has 27 heavy (non-hydrogen) atoms. The van der Waals surface area contributed by atoms with Crippen LogP contribution in [0.5, 0.6) is 0 Å². The number of rotatable bonds is 6. The summed E-state index contributed by atoms with van der Waals surface area (Å²) in [6.45, 7) is 5.57. The lowest BCUT2D eigenvalue weighted by molar-refractivity contribution is 0.497. The molecule has 3 aromatic rings. The normalized spacial score (nSPS) is 12.3. The molecule has 0 bridgehead atoms. The summed E-state index contributed by atoms with van der Waals surface area (Å²) >= 11 is 1.78. The van der Waals surface area contributed by atoms with Gasteiger partial charge < -0.3 is 15.1 Å². The van der Waals surface area contributed by atoms with Gasteiger partial charge in [-0.05, 0) is 18.4 Å². The van der Waals surface area contributed by atoms with Crippen LogP contribution in [0, 0.1) is 6.92 Å². The highest BCUT2D eigenvalue weighted by Crippen LogP contribution is 2.21. The molecule has 1 aromatic carbocycles. The molecule has 0 amide bonds. The van der Waals surface area contributed by atoms with Crippen LogP contribution in [0.2, 0.25) is 0 Å². The number of benzene rings is 1. The summed E-state index contributed by atoms with van der Waals surface area (Å²) in [7, 11) is 1.76. The van der Waals surface area contributed by atoms with Gasteiger partial charge in [0.1, 0.15) is 0 Å². The molecule has 0 radical (unpaired) electrons. The summed E-state index contributed by atoms with van der Waals surface area (Å²) < 4.78 is 5.83. The number of oxazole rings is 1. The Bertz CT molecular complexity index is 843. The van der Waals surface area contributed by atoms with Gasteiger partial charge in [-0.3, -0.25) is 4.99 Å². The van der Waals surface area contributed by atoms with Crippen molar-refractivity contribution >= 4 is 41.3 Å². The van der Waals surface area contributed by atoms with Crippen molar-refractivity contribution in [3.63, 3.8) is 0 Å². The molecule has 2 N–H and O–H groups in total. The fraction of sp³-hybridized carbons (Fsp3) is 0.300. The molecule has 0 fully saturated rings. The van der Waals surface area contributed by atoms with E-state index in [2.05, 4.69) is 64.1 Å². The van der Waals surface area contributed by atoms with E-state index in [1.165, 1.54) is 10.4 Å². The second-order valence-electron chi connectivity index (χ2n) is 6.21. The van der Waals surface area contributed by atoms with Crippen LogP contribution in [0.25, 0.3) is 11.3 Å². The Labute approximate surface area is 181 Å². The second-order valence-corrected chi connectivity index (χ2v) is 7.19. The van der Waals surface area contributed by atoms with Crippen LogP contribution in [0.1, 0.15) is 29.2 Å². The van der Waals surface area contributed by atoms with Crippen LogP contribution in [0.3, 0.4) is 0 Å². The Kier molecular flexibility index (Phi) is 8.30. The first-order valence-corrected chi connectivity index (χ1v) is 9.53. The van der Waals surface area contributed by atoms with Crippen LogP contribution < -0.4 is 10.6 Å². The van der Waals surface area contributed by atoms with E-state index in [4.69, 9.17) is 4.42 Å². The molecule has 0 aliphatic carbocycles. The lowest BCUT2D eigenvalue weighted by Gasteiger charge is -2.14. The number of hydrogen-bond acceptors (Lipinski definition) is 4. The van der Waals surface area contributed by atoms with Gasteiger partial charge in [-0.2, -0.15) is 0 Å². The number of aromatic nitrogens is 1. The van der Waals surface area contributed by atoms with Gasteiger partial charge in [0.15, 0.2) is 11.7 Å². The number of thiophene rings is 1. The smallest absolute Gasteiger partial charge is 0.214 e. The van der Waals surface area contributed by atoms with E-state index in [1.807, 2.05) is 12.1 Å². The number of nitrogens with zero attached hydrogens (tertiary/aromatic N) is 2. The van der Waals surface area contributed by atoms with Gasteiger partial charge in [-0.1, -0.05) is 42.8 Å². The number of hydrogen-bond donors (Lipinski definition) is 2. The van der Waals surface area contributed by atoms with Crippen LogP contribution in [0.4, 0.5) is 0 Å². The highest BCUT2D eigenvalue weighted by Gasteiger charge is 2.09. The minimum atomic E-state index is 0. The van der Waals surface area contributed by atoms with Crippen molar-refractivity contribution in [2.45, 2.75) is 26.3 Å². The summed E-state index contributed by atoms with van der Waals surface area (Å²) in [6.07, 6.45) is 1.76. The molecule has 1 unspecified atom stereocenters. The molecular formula is C20H25IN4OS. The van der Waals surface area contributed by atoms with E-state index < -0.39 is 0 Å². The van der Waals surface area contributed by atoms with Crippen molar-refractivity contribution in [1.82, 2.24) is 15.6 Å². The lowest BCUT2D eigenvalue weighted by atomic mass is 10.1. The Morgan fingerprint density at radius 1 is 1.22 bits per heavy atom. The zero-order valence-corrected chi connectivity index (χ0v) is 18.9. The minimum absolute atomic E-state index is 0. The van der Waals surface area contributed by atoms with E-state index >= 15 is 0 Å². The Balaban J connectivity index is 0.00000261. The van der Waals surface area contributed by atoms with Crippen molar-refractivity contribution in [2.24, 2.45) is 4.99 Å². The molecule has 0 saturated carbocycles. The van der Waals surface area contributed by atoms with Crippen molar-refractivity contribution < 1.29 is 4.42 Å². The van der Waals surface area contributed by atoms with Crippen LogP contribution in [-0.2, 0) is 6.54 Å². The van der Waals surface area contributed by atoms with Gasteiger partial charge in [0.25, 0.3) is 0 Å². The van der Waals surface area contributed by atoms with E-state index in [-0.39, 0.29) is 24.0 Å². The number of guanidine groups is 1. The summed E-state index contributed by atoms with van der Waals surface area (Å²) in [6, 6.07) is 12.5. The highest BCUT2D eigenvalue weighted by atomic mass is 127. The molecule has 2 aromatic heterocycles. The quantitative estimate of drug-likeness (QED) is 0.293. The molecule has 1 atom stereocenters. The molecule has 5 nitrogen and oxygen atoms in total. The predicted octanol–water partition coefficient (Wildman–Crippen LogP) is 4.80. The van der Waals surface area contributed by atoms with E-state index in [0.29, 0.717) is 18.4 Å². The van der Waals surface area contributed by atoms with Crippen molar-refractivity contribution in [1.29, 1.82) is 0 Å². The average Bonchev–Trinajstić information content (AvgIpc) is 3.34. The molecule has 3 rings (SSSR count). The molecular weight excluding hydrogens is 471 g/mol. The standard InChI is InChI=1S/C20H24N4OS.HI/c1-14-6-8-16(9-7-14)17-12-22-19(25-17)13-24-20(21-3)23-11-15(2)18-5-4-10-26-18;/h4-10,12,15H,11,13H2,1-3H3,(H2,21,23,24);1H. The first-order valence-electron chi connectivity index (χ1n) is 8.65. The zero-order chi connectivity index (χ0) is 18.4. The topological polar surface area (TPSA) is 62.5 Å². The van der Waals surface area contributed by atoms with Crippen LogP contribution in [-0.4, -0.2) is 24.5 Å². The van der Waals surface area contributed by atoms with Gasteiger partial charge in [0.05, 0.1) is 12.7 Å². The van der Waals surface area contributed by atoms with E-state index in [0.717, 1.165) is 23.8 Å². The fourth-order valence-corrected chi connectivity index (χ4v) is 3.33. The number of aryl methyl sites for hydroxylation is 1. The lowest BCUT2D eigenvalue weighted by Crippen LogP contribution is -2.38. The predicted molar refractivity (Wildman–Crippen MR) is 123 cm³/mol. The maximum absolute atomic E-state index is 5.83. The maximum atomic E-state index is 5.83. The maximum Gasteiger partial charge on any atom is 0.214 e. The Hall–Kier alpha value is -1.87. The molecule has 0 aliphatic heterocycles. The molecule has 144 valence electrons. The van der Waals surface area contributed by atoms with Gasteiger partial charge in [-0.15, -0.1) is 35.3 Å². The summed E-state index contributed by atoms with van der Waals surface area (Å²) in [5.41, 5.74) is 2.25. The molecule has 0 aliphatic rings. The largest absolute Gasteiger partial charge is 0.439 e. The van der Waals surface area contributed by atoms with Gasteiger partial charge >= 0.3 is 0 Å². The Morgan fingerprint density at radius 3 is 2.67 bits per heavy atom. The highest BCUT2D eigenvalue weighted by molar-refractivity contribution is 14.0. The summed E-state index contributed by atoms with van der Waals surface area (Å²) in [5.74, 6) is 2.58. The molecule has 0 saturated heterocycles. The monoisotopic (exact) mass is 496 g/mol. The van der Waals surface area contributed by atoms with Crippen molar-refractivity contribution in [3.8, 4) is 11.3 Å². The molecule has 2 heterocycles. The summed E-state index contributed by atoms with van der Waals surface area (Å²) in [5, 5.41) is 8.70. The number of aliphatic imine (C=N–C) groups is 1. The molecule has 0 spiro atoms. The average molecular weight is 496 g/mol. The van der Waals surface area contributed by atoms with Gasteiger partial charge in [0.2, 0.25) is 5.89 Å². The molecule has 7 heteroatoms. The van der Waals surface area contributed by atoms with Crippen molar-refractivity contribution in [2.75, 3.05) is 13.6 Å². The first-order chi connectivity index (χ1) is 12.7. The van der Waals surface area contributed by atoms with Crippen LogP contribution in [0.15, 0.2) is 57.4 Å². The Morgan fingerprint density at radius 2 is 2.00 bits per heavy atom. The van der Waals surface area contributed by atoms with Gasteiger partial charge in [0, 0.05) is 30.0 Å². The SMILES string of the molecule is CN=C(NCc1ncc(-c2ccc(C)cc2)o1)NCC(C)c1cccs1.I. The van der Waals surface area contributed by atoms with Gasteiger partial charge in [-0.25, -0.2) is 4.98 Å². The first kappa shape index (κ1) is 21.4. The van der Waals surface area contributed by atoms with Crippen molar-refractivity contribution in [3.05, 3.63) is 64.3 Å². The third-order valence-corrected chi connectivity index (χ3v) is 5.23. The minimum Gasteiger partial charge on any atom is -0.439 e. The van der Waals surface area contributed by atoms with Crippen LogP contribution >= 0.6 is 35.3 Å². The second kappa shape index (κ2) is 10.5. The summed E-state index contributed by atoms with van der Waals surface area (Å²) in [4.78, 5) is 9.97.